The van der Waals surface area contributed by atoms with Crippen LogP contribution in [0.3, 0.4) is 0 Å². The Hall–Kier alpha value is -3.27. The number of benzene rings is 2. The first-order valence-corrected chi connectivity index (χ1v) is 11.9. The quantitative estimate of drug-likeness (QED) is 0.571. The van der Waals surface area contributed by atoms with Crippen LogP contribution in [-0.2, 0) is 15.4 Å². The van der Waals surface area contributed by atoms with E-state index in [1.54, 1.807) is 16.9 Å². The fourth-order valence-corrected chi connectivity index (χ4v) is 3.78. The first-order valence-electron chi connectivity index (χ1n) is 10.0. The summed E-state index contributed by atoms with van der Waals surface area (Å²) in [6, 6.07) is 7.17. The van der Waals surface area contributed by atoms with Crippen LogP contribution in [0.2, 0.25) is 0 Å². The summed E-state index contributed by atoms with van der Waals surface area (Å²) in [6.07, 6.45) is 0.768. The van der Waals surface area contributed by atoms with Crippen molar-refractivity contribution in [2.24, 2.45) is 0 Å². The van der Waals surface area contributed by atoms with E-state index in [9.17, 15) is 26.8 Å². The molecule has 2 N–H and O–H groups in total. The number of carbonyl (C=O) groups is 1. The van der Waals surface area contributed by atoms with Crippen LogP contribution >= 0.6 is 0 Å². The monoisotopic (exact) mass is 478 g/mol. The summed E-state index contributed by atoms with van der Waals surface area (Å²) in [5.41, 5.74) is -0.158. The molecule has 0 fully saturated rings. The molecule has 10 heteroatoms. The van der Waals surface area contributed by atoms with Crippen molar-refractivity contribution in [1.29, 1.82) is 0 Å². The molecular weight excluding hydrogens is 454 g/mol. The molecule has 1 unspecified atom stereocenters. The van der Waals surface area contributed by atoms with Gasteiger partial charge in [0, 0.05) is 6.07 Å². The second kappa shape index (κ2) is 8.58. The van der Waals surface area contributed by atoms with E-state index < -0.39 is 44.7 Å². The predicted octanol–water partition coefficient (Wildman–Crippen LogP) is 4.23. The zero-order chi connectivity index (χ0) is 24.7. The van der Waals surface area contributed by atoms with Crippen LogP contribution in [0.25, 0.3) is 11.0 Å². The minimum Gasteiger partial charge on any atom is -0.451 e. The Morgan fingerprint density at radius 3 is 2.21 bits per heavy atom. The number of amides is 1. The zero-order valence-electron chi connectivity index (χ0n) is 18.7. The molecule has 0 aliphatic heterocycles. The Morgan fingerprint density at radius 2 is 1.67 bits per heavy atom. The van der Waals surface area contributed by atoms with E-state index in [4.69, 9.17) is 4.42 Å². The van der Waals surface area contributed by atoms with Crippen molar-refractivity contribution in [2.45, 2.75) is 39.2 Å². The van der Waals surface area contributed by atoms with Gasteiger partial charge in [-0.15, -0.1) is 0 Å². The largest absolute Gasteiger partial charge is 0.451 e. The summed E-state index contributed by atoms with van der Waals surface area (Å²) in [7, 11) is -3.89. The number of nitrogens with one attached hydrogen (secondary N) is 2. The molecule has 0 aliphatic carbocycles. The Morgan fingerprint density at radius 1 is 1.06 bits per heavy atom. The van der Waals surface area contributed by atoms with Crippen LogP contribution in [0.1, 0.15) is 55.4 Å². The lowest BCUT2D eigenvalue weighted by Crippen LogP contribution is -2.27. The highest BCUT2D eigenvalue weighted by Crippen LogP contribution is 2.27. The van der Waals surface area contributed by atoms with E-state index in [1.165, 1.54) is 6.92 Å². The molecule has 3 aromatic rings. The molecule has 2 aromatic carbocycles. The molecule has 7 nitrogen and oxygen atoms in total. The molecule has 1 heterocycles. The third kappa shape index (κ3) is 5.57. The van der Waals surface area contributed by atoms with Crippen molar-refractivity contribution in [3.63, 3.8) is 0 Å². The van der Waals surface area contributed by atoms with Crippen molar-refractivity contribution in [2.75, 3.05) is 11.0 Å². The SMILES string of the molecule is CC(NC(=O)c1cc(=O)c2cc(C(C)(C)C)ccc2o1)c1cc(F)c(NS(C)(=O)=O)c(F)c1. The normalized spacial score (nSPS) is 13.1. The van der Waals surface area contributed by atoms with Gasteiger partial charge in [-0.2, -0.15) is 0 Å². The van der Waals surface area contributed by atoms with Gasteiger partial charge in [0.25, 0.3) is 5.91 Å². The Labute approximate surface area is 189 Å². The Balaban J connectivity index is 1.87. The van der Waals surface area contributed by atoms with Crippen LogP contribution in [0.15, 0.2) is 45.6 Å². The number of halogens is 2. The van der Waals surface area contributed by atoms with Gasteiger partial charge < -0.3 is 9.73 Å². The van der Waals surface area contributed by atoms with Crippen LogP contribution in [0, 0.1) is 11.6 Å². The first-order chi connectivity index (χ1) is 15.2. The number of carbonyl (C=O) groups excluding carboxylic acids is 1. The molecule has 1 aromatic heterocycles. The van der Waals surface area contributed by atoms with Gasteiger partial charge in [-0.25, -0.2) is 17.2 Å². The van der Waals surface area contributed by atoms with E-state index in [0.717, 1.165) is 30.0 Å². The molecule has 1 amide bonds. The topological polar surface area (TPSA) is 105 Å². The van der Waals surface area contributed by atoms with Gasteiger partial charge in [0.1, 0.15) is 11.3 Å². The second-order valence-corrected chi connectivity index (χ2v) is 10.6. The van der Waals surface area contributed by atoms with Gasteiger partial charge >= 0.3 is 0 Å². The minimum atomic E-state index is -3.89. The van der Waals surface area contributed by atoms with Crippen LogP contribution in [0.5, 0.6) is 0 Å². The maximum absolute atomic E-state index is 14.3. The maximum Gasteiger partial charge on any atom is 0.287 e. The number of fused-ring (bicyclic) bond motifs is 1. The summed E-state index contributed by atoms with van der Waals surface area (Å²) in [6.45, 7) is 7.50. The van der Waals surface area contributed by atoms with Crippen LogP contribution in [-0.4, -0.2) is 20.6 Å². The summed E-state index contributed by atoms with van der Waals surface area (Å²) in [5.74, 6) is -3.27. The van der Waals surface area contributed by atoms with Gasteiger partial charge in [0.15, 0.2) is 22.8 Å². The first kappa shape index (κ1) is 24.4. The lowest BCUT2D eigenvalue weighted by atomic mass is 9.86. The second-order valence-electron chi connectivity index (χ2n) is 8.86. The molecule has 3 rings (SSSR count). The average Bonchev–Trinajstić information content (AvgIpc) is 2.68. The van der Waals surface area contributed by atoms with E-state index >= 15 is 0 Å². The van der Waals surface area contributed by atoms with Crippen molar-refractivity contribution in [1.82, 2.24) is 5.32 Å². The molecule has 1 atom stereocenters. The van der Waals surface area contributed by atoms with E-state index in [1.807, 2.05) is 26.8 Å². The highest BCUT2D eigenvalue weighted by molar-refractivity contribution is 7.92. The summed E-state index contributed by atoms with van der Waals surface area (Å²) in [4.78, 5) is 25.2. The summed E-state index contributed by atoms with van der Waals surface area (Å²) < 4.78 is 58.5. The average molecular weight is 479 g/mol. The third-order valence-electron chi connectivity index (χ3n) is 5.02. The van der Waals surface area contributed by atoms with E-state index in [2.05, 4.69) is 5.32 Å². The van der Waals surface area contributed by atoms with Gasteiger partial charge in [-0.3, -0.25) is 14.3 Å². The minimum absolute atomic E-state index is 0.0513. The fraction of sp³-hybridized carbons (Fsp3) is 0.304. The van der Waals surface area contributed by atoms with Gasteiger partial charge in [-0.1, -0.05) is 26.8 Å². The highest BCUT2D eigenvalue weighted by atomic mass is 32.2. The van der Waals surface area contributed by atoms with E-state index in [0.29, 0.717) is 5.39 Å². The highest BCUT2D eigenvalue weighted by Gasteiger charge is 2.21. The molecule has 33 heavy (non-hydrogen) atoms. The summed E-state index contributed by atoms with van der Waals surface area (Å²) >= 11 is 0. The standard InChI is InChI=1S/C23H24F2N2O5S/c1-12(13-8-16(24)21(17(25)9-13)27-33(5,30)31)26-22(29)20-11-18(28)15-10-14(23(2,3)4)6-7-19(15)32-20/h6-12,27H,1-5H3,(H,26,29). The number of anilines is 1. The third-order valence-corrected chi connectivity index (χ3v) is 5.59. The smallest absolute Gasteiger partial charge is 0.287 e. The van der Waals surface area contributed by atoms with Gasteiger partial charge in [0.2, 0.25) is 10.0 Å². The Bertz CT molecular complexity index is 1390. The molecule has 176 valence electrons. The van der Waals surface area contributed by atoms with Crippen molar-refractivity contribution in [3.05, 3.63) is 75.1 Å². The van der Waals surface area contributed by atoms with Gasteiger partial charge in [0.05, 0.1) is 17.7 Å². The molecule has 0 radical (unpaired) electrons. The number of sulfonamides is 1. The number of hydrogen-bond donors (Lipinski definition) is 2. The summed E-state index contributed by atoms with van der Waals surface area (Å²) in [5, 5.41) is 2.86. The molecule has 0 saturated carbocycles. The molecule has 0 saturated heterocycles. The van der Waals surface area contributed by atoms with Crippen LogP contribution in [0.4, 0.5) is 14.5 Å². The van der Waals surface area contributed by atoms with Crippen LogP contribution < -0.4 is 15.5 Å². The maximum atomic E-state index is 14.3. The zero-order valence-corrected chi connectivity index (χ0v) is 19.6. The fourth-order valence-electron chi connectivity index (χ4n) is 3.21. The predicted molar refractivity (Wildman–Crippen MR) is 122 cm³/mol. The van der Waals surface area contributed by atoms with Crippen molar-refractivity contribution >= 4 is 32.6 Å². The van der Waals surface area contributed by atoms with Crippen molar-refractivity contribution < 1.29 is 26.4 Å². The van der Waals surface area contributed by atoms with E-state index in [-0.39, 0.29) is 22.3 Å². The number of hydrogen-bond acceptors (Lipinski definition) is 5. The molecule has 0 bridgehead atoms. The van der Waals surface area contributed by atoms with Gasteiger partial charge in [-0.05, 0) is 47.7 Å². The lowest BCUT2D eigenvalue weighted by Gasteiger charge is -2.19. The number of rotatable bonds is 5. The molecule has 0 aliphatic rings. The molecular formula is C23H24F2N2O5S. The Kier molecular flexibility index (Phi) is 6.34. The lowest BCUT2D eigenvalue weighted by molar-refractivity contribution is 0.0912. The van der Waals surface area contributed by atoms with Crippen molar-refractivity contribution in [3.8, 4) is 0 Å². The molecule has 0 spiro atoms.